The van der Waals surface area contributed by atoms with E-state index in [0.29, 0.717) is 0 Å². The predicted octanol–water partition coefficient (Wildman–Crippen LogP) is 0.502. The van der Waals surface area contributed by atoms with Gasteiger partial charge >= 0.3 is 5.97 Å². The highest BCUT2D eigenvalue weighted by atomic mass is 31.0. The molecule has 0 saturated carbocycles. The van der Waals surface area contributed by atoms with Crippen molar-refractivity contribution in [1.29, 1.82) is 5.41 Å². The fourth-order valence-corrected chi connectivity index (χ4v) is 1.13. The van der Waals surface area contributed by atoms with Gasteiger partial charge in [0, 0.05) is 18.0 Å². The average Bonchev–Trinajstić information content (AvgIpc) is 2.61. The van der Waals surface area contributed by atoms with E-state index in [-0.39, 0.29) is 5.56 Å². The van der Waals surface area contributed by atoms with Crippen LogP contribution in [0.4, 0.5) is 0 Å². The highest BCUT2D eigenvalue weighted by Crippen LogP contribution is 2.06. The van der Waals surface area contributed by atoms with Gasteiger partial charge in [-0.3, -0.25) is 10.2 Å². The molecule has 0 saturated heterocycles. The first-order valence-corrected chi connectivity index (χ1v) is 4.22. The Hall–Kier alpha value is -1.48. The number of nitrogens with zero attached hydrogens (tertiary/aromatic N) is 1. The van der Waals surface area contributed by atoms with E-state index >= 15 is 0 Å². The Morgan fingerprint density at radius 3 is 2.64 bits per heavy atom. The molecule has 1 rings (SSSR count). The third-order valence-electron chi connectivity index (χ3n) is 1.59. The van der Waals surface area contributed by atoms with Crippen LogP contribution in [0.5, 0.6) is 0 Å². The number of hydrogen-bond acceptors (Lipinski definition) is 4. The highest BCUT2D eigenvalue weighted by Gasteiger charge is 2.20. The van der Waals surface area contributed by atoms with Crippen molar-refractivity contribution in [2.45, 2.75) is 0 Å². The molecule has 0 bridgehead atoms. The van der Waals surface area contributed by atoms with E-state index < -0.39 is 17.5 Å². The molecule has 0 radical (unpaired) electrons. The van der Waals surface area contributed by atoms with Crippen molar-refractivity contribution in [3.05, 3.63) is 24.0 Å². The molecule has 1 aromatic heterocycles. The molecule has 1 unspecified atom stereocenters. The highest BCUT2D eigenvalue weighted by molar-refractivity contribution is 7.14. The summed E-state index contributed by atoms with van der Waals surface area (Å²) in [5.41, 5.74) is -0.376. The lowest BCUT2D eigenvalue weighted by Gasteiger charge is -1.98. The zero-order valence-corrected chi connectivity index (χ0v) is 8.64. The van der Waals surface area contributed by atoms with Crippen molar-refractivity contribution in [1.82, 2.24) is 4.34 Å². The van der Waals surface area contributed by atoms with E-state index in [0.717, 1.165) is 7.11 Å². The van der Waals surface area contributed by atoms with Gasteiger partial charge in [-0.25, -0.2) is 4.79 Å². The van der Waals surface area contributed by atoms with Crippen molar-refractivity contribution in [2.75, 3.05) is 7.11 Å². The minimum absolute atomic E-state index is 0.287. The van der Waals surface area contributed by atoms with E-state index in [9.17, 15) is 9.59 Å². The minimum Gasteiger partial charge on any atom is -0.464 e. The number of ether oxygens (including phenoxy) is 1. The van der Waals surface area contributed by atoms with Gasteiger partial charge < -0.3 is 9.07 Å². The maximum Gasteiger partial charge on any atom is 0.360 e. The molecule has 74 valence electrons. The second-order valence-corrected chi connectivity index (χ2v) is 3.14. The summed E-state index contributed by atoms with van der Waals surface area (Å²) in [5.74, 6) is -1.57. The Balaban J connectivity index is 2.86. The standard InChI is InChI=1S/C8H9N2O3P/c1-13-8(12)6(9)7(11)5-2-3-10(14)4-5/h2-4,9H,14H2,1H3. The number of Topliss-reactive ketones (excluding diaryl/α,β-unsaturated/α-hetero) is 1. The van der Waals surface area contributed by atoms with E-state index in [1.165, 1.54) is 12.3 Å². The molecule has 0 aromatic carbocycles. The zero-order chi connectivity index (χ0) is 10.7. The molecule has 1 heterocycles. The number of nitrogens with one attached hydrogen (secondary N) is 1. The van der Waals surface area contributed by atoms with Crippen molar-refractivity contribution in [2.24, 2.45) is 0 Å². The molecule has 1 N–H and O–H groups in total. The number of hydrogen-bond donors (Lipinski definition) is 1. The number of ketones is 1. The molecule has 0 aliphatic heterocycles. The first-order valence-electron chi connectivity index (χ1n) is 3.71. The average molecular weight is 212 g/mol. The number of methoxy groups -OCH3 is 1. The lowest BCUT2D eigenvalue weighted by molar-refractivity contribution is -0.132. The molecule has 14 heavy (non-hydrogen) atoms. The number of aromatic nitrogens is 1. The Morgan fingerprint density at radius 2 is 2.21 bits per heavy atom. The van der Waals surface area contributed by atoms with Crippen LogP contribution in [0, 0.1) is 5.41 Å². The maximum absolute atomic E-state index is 11.4. The monoisotopic (exact) mass is 212 g/mol. The first kappa shape index (κ1) is 10.6. The number of esters is 1. The molecule has 0 aliphatic carbocycles. The second kappa shape index (κ2) is 4.15. The van der Waals surface area contributed by atoms with Crippen LogP contribution < -0.4 is 0 Å². The lowest BCUT2D eigenvalue weighted by Crippen LogP contribution is -2.24. The van der Waals surface area contributed by atoms with Crippen LogP contribution in [0.1, 0.15) is 10.4 Å². The van der Waals surface area contributed by atoms with Crippen molar-refractivity contribution >= 4 is 26.9 Å². The van der Waals surface area contributed by atoms with Crippen LogP contribution in [0.25, 0.3) is 0 Å². The normalized spacial score (nSPS) is 9.57. The topological polar surface area (TPSA) is 72.2 Å². The van der Waals surface area contributed by atoms with Crippen molar-refractivity contribution in [3.8, 4) is 0 Å². The summed E-state index contributed by atoms with van der Waals surface area (Å²) in [5, 5.41) is 7.21. The van der Waals surface area contributed by atoms with Gasteiger partial charge in [-0.1, -0.05) is 0 Å². The molecule has 1 atom stereocenters. The quantitative estimate of drug-likeness (QED) is 0.261. The fourth-order valence-electron chi connectivity index (χ4n) is 0.886. The summed E-state index contributed by atoms with van der Waals surface area (Å²) in [6.07, 6.45) is 3.13. The van der Waals surface area contributed by atoms with Crippen LogP contribution >= 0.6 is 9.39 Å². The Labute approximate surface area is 82.8 Å². The summed E-state index contributed by atoms with van der Waals surface area (Å²) < 4.78 is 5.85. The zero-order valence-electron chi connectivity index (χ0n) is 7.48. The van der Waals surface area contributed by atoms with Gasteiger partial charge in [0.25, 0.3) is 0 Å². The van der Waals surface area contributed by atoms with Gasteiger partial charge in [0.15, 0.2) is 5.71 Å². The van der Waals surface area contributed by atoms with Gasteiger partial charge in [-0.2, -0.15) is 0 Å². The molecule has 0 fully saturated rings. The molecule has 0 amide bonds. The smallest absolute Gasteiger partial charge is 0.360 e. The summed E-state index contributed by atoms with van der Waals surface area (Å²) >= 11 is 0. The third kappa shape index (κ3) is 2.06. The van der Waals surface area contributed by atoms with Crippen LogP contribution in [-0.2, 0) is 9.53 Å². The van der Waals surface area contributed by atoms with E-state index in [2.05, 4.69) is 14.1 Å². The predicted molar refractivity (Wildman–Crippen MR) is 53.6 cm³/mol. The Kier molecular flexibility index (Phi) is 3.14. The number of rotatable bonds is 3. The summed E-state index contributed by atoms with van der Waals surface area (Å²) in [6, 6.07) is 1.52. The molecular formula is C8H9N2O3P. The third-order valence-corrected chi connectivity index (χ3v) is 1.91. The van der Waals surface area contributed by atoms with Gasteiger partial charge in [0.05, 0.1) is 7.11 Å². The van der Waals surface area contributed by atoms with Crippen LogP contribution in [-0.4, -0.2) is 28.9 Å². The molecular weight excluding hydrogens is 203 g/mol. The van der Waals surface area contributed by atoms with Gasteiger partial charge in [-0.15, -0.1) is 0 Å². The van der Waals surface area contributed by atoms with Crippen LogP contribution in [0.2, 0.25) is 0 Å². The summed E-state index contributed by atoms with van der Waals surface area (Å²) in [7, 11) is 3.47. The Morgan fingerprint density at radius 1 is 1.57 bits per heavy atom. The van der Waals surface area contributed by atoms with Crippen molar-refractivity contribution < 1.29 is 14.3 Å². The van der Waals surface area contributed by atoms with Gasteiger partial charge in [-0.05, 0) is 15.5 Å². The van der Waals surface area contributed by atoms with E-state index in [4.69, 9.17) is 5.41 Å². The Bertz CT molecular complexity index is 397. The largest absolute Gasteiger partial charge is 0.464 e. The SMILES string of the molecule is COC(=O)C(=N)C(=O)c1ccn(P)c1. The molecule has 0 aliphatic rings. The number of carbonyl (C=O) groups is 2. The molecule has 1 aromatic rings. The second-order valence-electron chi connectivity index (χ2n) is 2.54. The van der Waals surface area contributed by atoms with E-state index in [1.54, 1.807) is 10.5 Å². The minimum atomic E-state index is -0.925. The molecule has 0 spiro atoms. The van der Waals surface area contributed by atoms with Gasteiger partial charge in [0.2, 0.25) is 5.78 Å². The lowest BCUT2D eigenvalue weighted by atomic mass is 10.1. The number of carbonyl (C=O) groups excluding carboxylic acids is 2. The van der Waals surface area contributed by atoms with Crippen LogP contribution in [0.15, 0.2) is 18.5 Å². The summed E-state index contributed by atoms with van der Waals surface area (Å²) in [6.45, 7) is 0. The first-order chi connectivity index (χ1) is 6.56. The molecule has 6 heteroatoms. The van der Waals surface area contributed by atoms with Crippen LogP contribution in [0.3, 0.4) is 0 Å². The molecule has 5 nitrogen and oxygen atoms in total. The van der Waals surface area contributed by atoms with Crippen molar-refractivity contribution in [3.63, 3.8) is 0 Å². The van der Waals surface area contributed by atoms with Gasteiger partial charge in [0.1, 0.15) is 0 Å². The maximum atomic E-state index is 11.4. The van der Waals surface area contributed by atoms with E-state index in [1.807, 2.05) is 0 Å². The fraction of sp³-hybridized carbons (Fsp3) is 0.125. The summed E-state index contributed by atoms with van der Waals surface area (Å²) in [4.78, 5) is 22.3.